The molecule has 1 saturated heterocycles. The van der Waals surface area contributed by atoms with Crippen LogP contribution in [0.1, 0.15) is 18.4 Å². The highest BCUT2D eigenvalue weighted by Gasteiger charge is 2.31. The first kappa shape index (κ1) is 15.2. The second-order valence-corrected chi connectivity index (χ2v) is 5.03. The van der Waals surface area contributed by atoms with Crippen LogP contribution in [0.4, 0.5) is 0 Å². The lowest BCUT2D eigenvalue weighted by Crippen LogP contribution is -2.39. The largest absolute Gasteiger partial charge is 0.391 e. The van der Waals surface area contributed by atoms with Gasteiger partial charge in [-0.15, -0.1) is 0 Å². The summed E-state index contributed by atoms with van der Waals surface area (Å²) in [4.78, 5) is 35.2. The number of nitrogens with one attached hydrogen (secondary N) is 1. The molecule has 21 heavy (non-hydrogen) atoms. The molecule has 1 unspecified atom stereocenters. The molecule has 0 saturated carbocycles. The van der Waals surface area contributed by atoms with Crippen molar-refractivity contribution in [3.05, 3.63) is 35.9 Å². The maximum Gasteiger partial charge on any atom is 0.330 e. The monoisotopic (exact) mass is 290 g/mol. The number of esters is 2. The summed E-state index contributed by atoms with van der Waals surface area (Å²) >= 11 is 0. The minimum Gasteiger partial charge on any atom is -0.391 e. The highest BCUT2D eigenvalue weighted by atomic mass is 16.6. The highest BCUT2D eigenvalue weighted by molar-refractivity contribution is 6.01. The van der Waals surface area contributed by atoms with Crippen molar-refractivity contribution in [2.24, 2.45) is 11.7 Å². The van der Waals surface area contributed by atoms with Gasteiger partial charge in [-0.05, 0) is 31.4 Å². The smallest absolute Gasteiger partial charge is 0.330 e. The summed E-state index contributed by atoms with van der Waals surface area (Å²) in [6.07, 6.45) is 1.61. The Labute approximate surface area is 122 Å². The number of nitrogens with two attached hydrogens (primary N) is 1. The van der Waals surface area contributed by atoms with E-state index in [9.17, 15) is 14.4 Å². The fraction of sp³-hybridized carbons (Fsp3) is 0.400. The molecule has 0 spiro atoms. The maximum atomic E-state index is 12.0. The van der Waals surface area contributed by atoms with Gasteiger partial charge in [0.15, 0.2) is 0 Å². The van der Waals surface area contributed by atoms with Crippen LogP contribution in [0.15, 0.2) is 30.3 Å². The minimum absolute atomic E-state index is 0.125. The number of hydrogen-bond acceptors (Lipinski definition) is 5. The Morgan fingerprint density at radius 2 is 2.00 bits per heavy atom. The van der Waals surface area contributed by atoms with Gasteiger partial charge in [-0.25, -0.2) is 4.79 Å². The van der Waals surface area contributed by atoms with Gasteiger partial charge in [0.25, 0.3) is 0 Å². The quantitative estimate of drug-likeness (QED) is 0.594. The van der Waals surface area contributed by atoms with E-state index in [-0.39, 0.29) is 6.42 Å². The molecular formula is C15H18N2O4. The Hall–Kier alpha value is -2.21. The van der Waals surface area contributed by atoms with Gasteiger partial charge < -0.3 is 15.8 Å². The first-order chi connectivity index (χ1) is 10.1. The van der Waals surface area contributed by atoms with E-state index < -0.39 is 29.8 Å². The highest BCUT2D eigenvalue weighted by Crippen LogP contribution is 2.13. The fourth-order valence-electron chi connectivity index (χ4n) is 2.28. The summed E-state index contributed by atoms with van der Waals surface area (Å²) < 4.78 is 4.79. The summed E-state index contributed by atoms with van der Waals surface area (Å²) in [5, 5.41) is 2.94. The second-order valence-electron chi connectivity index (χ2n) is 5.03. The lowest BCUT2D eigenvalue weighted by Gasteiger charge is -2.14. The lowest BCUT2D eigenvalue weighted by atomic mass is 9.99. The predicted octanol–water partition coefficient (Wildman–Crippen LogP) is 0.152. The average Bonchev–Trinajstić information content (AvgIpc) is 2.99. The van der Waals surface area contributed by atoms with Gasteiger partial charge in [-0.1, -0.05) is 30.3 Å². The zero-order chi connectivity index (χ0) is 15.2. The third-order valence-corrected chi connectivity index (χ3v) is 3.46. The molecule has 0 aliphatic carbocycles. The van der Waals surface area contributed by atoms with Gasteiger partial charge >= 0.3 is 11.9 Å². The zero-order valence-corrected chi connectivity index (χ0v) is 11.6. The average molecular weight is 290 g/mol. The number of rotatable bonds is 5. The van der Waals surface area contributed by atoms with Crippen LogP contribution in [0, 0.1) is 5.92 Å². The normalized spacial score (nSPS) is 19.0. The molecule has 0 bridgehead atoms. The van der Waals surface area contributed by atoms with Crippen molar-refractivity contribution in [2.75, 3.05) is 6.54 Å². The molecule has 0 aromatic heterocycles. The van der Waals surface area contributed by atoms with E-state index in [0.717, 1.165) is 18.5 Å². The molecule has 1 aromatic rings. The van der Waals surface area contributed by atoms with Gasteiger partial charge in [0, 0.05) is 0 Å². The topological polar surface area (TPSA) is 98.5 Å². The van der Waals surface area contributed by atoms with Gasteiger partial charge in [0.05, 0.1) is 0 Å². The van der Waals surface area contributed by atoms with E-state index in [4.69, 9.17) is 10.5 Å². The number of carbonyl (C=O) groups excluding carboxylic acids is 3. The van der Waals surface area contributed by atoms with Crippen molar-refractivity contribution in [3.8, 4) is 0 Å². The van der Waals surface area contributed by atoms with Crippen molar-refractivity contribution >= 4 is 17.8 Å². The van der Waals surface area contributed by atoms with Crippen LogP contribution in [-0.4, -0.2) is 30.4 Å². The third-order valence-electron chi connectivity index (χ3n) is 3.46. The van der Waals surface area contributed by atoms with E-state index >= 15 is 0 Å². The number of amides is 1. The first-order valence-corrected chi connectivity index (χ1v) is 6.90. The summed E-state index contributed by atoms with van der Waals surface area (Å²) in [5.74, 6) is -3.48. The molecule has 2 atom stereocenters. The van der Waals surface area contributed by atoms with Crippen molar-refractivity contribution < 1.29 is 19.1 Å². The SMILES string of the molecule is NC(=O)C(Cc1ccccc1)C(=O)OC(=O)[C@@H]1CCCN1. The standard InChI is InChI=1S/C15H18N2O4/c16-13(18)11(9-10-5-2-1-3-6-10)14(19)21-15(20)12-7-4-8-17-12/h1-3,5-6,11-12,17H,4,7-9H2,(H2,16,18)/t11?,12-/m0/s1. The van der Waals surface area contributed by atoms with Crippen molar-refractivity contribution in [1.82, 2.24) is 5.32 Å². The molecular weight excluding hydrogens is 272 g/mol. The van der Waals surface area contributed by atoms with E-state index in [2.05, 4.69) is 5.32 Å². The fourth-order valence-corrected chi connectivity index (χ4v) is 2.28. The molecule has 0 radical (unpaired) electrons. The van der Waals surface area contributed by atoms with Gasteiger partial charge in [0.2, 0.25) is 5.91 Å². The predicted molar refractivity (Wildman–Crippen MR) is 75.0 cm³/mol. The Morgan fingerprint density at radius 3 is 2.57 bits per heavy atom. The molecule has 1 heterocycles. The van der Waals surface area contributed by atoms with E-state index in [1.54, 1.807) is 24.3 Å². The van der Waals surface area contributed by atoms with Crippen LogP contribution in [-0.2, 0) is 25.5 Å². The second kappa shape index (κ2) is 6.99. The molecule has 1 aliphatic heterocycles. The maximum absolute atomic E-state index is 12.0. The summed E-state index contributed by atoms with van der Waals surface area (Å²) in [6.45, 7) is 0.719. The molecule has 6 nitrogen and oxygen atoms in total. The minimum atomic E-state index is -1.15. The Kier molecular flexibility index (Phi) is 5.05. The summed E-state index contributed by atoms with van der Waals surface area (Å²) in [6, 6.07) is 8.52. The summed E-state index contributed by atoms with van der Waals surface area (Å²) in [5.41, 5.74) is 6.03. The molecule has 1 aliphatic rings. The lowest BCUT2D eigenvalue weighted by molar-refractivity contribution is -0.164. The van der Waals surface area contributed by atoms with Crippen molar-refractivity contribution in [3.63, 3.8) is 0 Å². The third kappa shape index (κ3) is 4.13. The molecule has 1 amide bonds. The summed E-state index contributed by atoms with van der Waals surface area (Å²) in [7, 11) is 0. The number of ether oxygens (including phenoxy) is 1. The van der Waals surface area contributed by atoms with E-state index in [1.165, 1.54) is 0 Å². The molecule has 2 rings (SSSR count). The van der Waals surface area contributed by atoms with Gasteiger partial charge in [-0.2, -0.15) is 0 Å². The zero-order valence-electron chi connectivity index (χ0n) is 11.6. The molecule has 3 N–H and O–H groups in total. The molecule has 112 valence electrons. The van der Waals surface area contributed by atoms with E-state index in [0.29, 0.717) is 6.42 Å². The van der Waals surface area contributed by atoms with Crippen molar-refractivity contribution in [1.29, 1.82) is 0 Å². The molecule has 6 heteroatoms. The number of benzene rings is 1. The molecule has 1 fully saturated rings. The number of hydrogen-bond donors (Lipinski definition) is 2. The first-order valence-electron chi connectivity index (χ1n) is 6.90. The van der Waals surface area contributed by atoms with Crippen LogP contribution < -0.4 is 11.1 Å². The van der Waals surface area contributed by atoms with Crippen molar-refractivity contribution in [2.45, 2.75) is 25.3 Å². The van der Waals surface area contributed by atoms with Crippen LogP contribution in [0.25, 0.3) is 0 Å². The van der Waals surface area contributed by atoms with Gasteiger partial charge in [0.1, 0.15) is 12.0 Å². The number of primary amides is 1. The Balaban J connectivity index is 1.98. The van der Waals surface area contributed by atoms with E-state index in [1.807, 2.05) is 6.07 Å². The molecule has 1 aromatic carbocycles. The Morgan fingerprint density at radius 1 is 1.29 bits per heavy atom. The van der Waals surface area contributed by atoms with Crippen LogP contribution in [0.5, 0.6) is 0 Å². The van der Waals surface area contributed by atoms with Crippen LogP contribution in [0.3, 0.4) is 0 Å². The van der Waals surface area contributed by atoms with Gasteiger partial charge in [-0.3, -0.25) is 9.59 Å². The number of carbonyl (C=O) groups is 3. The Bertz CT molecular complexity index is 524. The van der Waals surface area contributed by atoms with Crippen LogP contribution in [0.2, 0.25) is 0 Å². The van der Waals surface area contributed by atoms with Crippen LogP contribution >= 0.6 is 0 Å².